The highest BCUT2D eigenvalue weighted by Gasteiger charge is 2.04. The Morgan fingerprint density at radius 2 is 2.30 bits per heavy atom. The molecule has 0 fully saturated rings. The van der Waals surface area contributed by atoms with Crippen molar-refractivity contribution in [3.05, 3.63) is 12.2 Å². The van der Waals surface area contributed by atoms with E-state index in [-0.39, 0.29) is 0 Å². The standard InChI is InChI=1S/C9H14O/c1-8-4-2-3-5-9(10)7-6-8/h6-8H,2-5H2,1H3. The summed E-state index contributed by atoms with van der Waals surface area (Å²) in [5.41, 5.74) is 0. The Hall–Kier alpha value is -0.590. The van der Waals surface area contributed by atoms with Crippen LogP contribution in [-0.4, -0.2) is 5.78 Å². The van der Waals surface area contributed by atoms with Crippen molar-refractivity contribution in [2.45, 2.75) is 32.6 Å². The second-order valence-electron chi connectivity index (χ2n) is 3.05. The molecule has 0 aliphatic heterocycles. The number of hydrogen-bond donors (Lipinski definition) is 0. The molecular weight excluding hydrogens is 124 g/mol. The molecule has 1 aliphatic rings. The highest BCUT2D eigenvalue weighted by Crippen LogP contribution is 2.13. The summed E-state index contributed by atoms with van der Waals surface area (Å²) in [6.45, 7) is 2.16. The maximum atomic E-state index is 10.9. The molecular formula is C9H14O. The first-order valence-corrected chi connectivity index (χ1v) is 4.00. The first-order valence-electron chi connectivity index (χ1n) is 4.00. The SMILES string of the molecule is CC1C=CC(=O)CCCC1. The van der Waals surface area contributed by atoms with Crippen LogP contribution >= 0.6 is 0 Å². The normalized spacial score (nSPS) is 27.7. The van der Waals surface area contributed by atoms with Gasteiger partial charge in [0.2, 0.25) is 0 Å². The van der Waals surface area contributed by atoms with E-state index in [2.05, 4.69) is 6.92 Å². The number of carbonyl (C=O) groups is 1. The fourth-order valence-corrected chi connectivity index (χ4v) is 1.22. The first kappa shape index (κ1) is 7.52. The Labute approximate surface area is 62.1 Å². The van der Waals surface area contributed by atoms with Gasteiger partial charge in [-0.25, -0.2) is 0 Å². The van der Waals surface area contributed by atoms with Crippen LogP contribution in [0.1, 0.15) is 32.6 Å². The van der Waals surface area contributed by atoms with Crippen molar-refractivity contribution in [2.24, 2.45) is 5.92 Å². The van der Waals surface area contributed by atoms with Crippen molar-refractivity contribution in [2.75, 3.05) is 0 Å². The topological polar surface area (TPSA) is 17.1 Å². The molecule has 10 heavy (non-hydrogen) atoms. The van der Waals surface area contributed by atoms with Gasteiger partial charge >= 0.3 is 0 Å². The van der Waals surface area contributed by atoms with E-state index in [1.54, 1.807) is 6.08 Å². The summed E-state index contributed by atoms with van der Waals surface area (Å²) in [6, 6.07) is 0. The maximum Gasteiger partial charge on any atom is 0.155 e. The van der Waals surface area contributed by atoms with E-state index in [9.17, 15) is 4.79 Å². The summed E-state index contributed by atoms with van der Waals surface area (Å²) in [7, 11) is 0. The van der Waals surface area contributed by atoms with Crippen LogP contribution in [0.3, 0.4) is 0 Å². The van der Waals surface area contributed by atoms with Crippen molar-refractivity contribution in [3.8, 4) is 0 Å². The van der Waals surface area contributed by atoms with E-state index in [0.29, 0.717) is 11.7 Å². The van der Waals surface area contributed by atoms with Gasteiger partial charge in [-0.3, -0.25) is 4.79 Å². The Bertz CT molecular complexity index is 147. The Balaban J connectivity index is 2.50. The molecule has 0 aromatic heterocycles. The van der Waals surface area contributed by atoms with Crippen LogP contribution in [0, 0.1) is 5.92 Å². The van der Waals surface area contributed by atoms with Gasteiger partial charge in [-0.1, -0.05) is 19.4 Å². The van der Waals surface area contributed by atoms with Gasteiger partial charge in [0.05, 0.1) is 0 Å². The monoisotopic (exact) mass is 138 g/mol. The number of rotatable bonds is 0. The molecule has 0 aromatic carbocycles. The van der Waals surface area contributed by atoms with Crippen LogP contribution in [0.4, 0.5) is 0 Å². The zero-order valence-corrected chi connectivity index (χ0v) is 6.47. The quantitative estimate of drug-likeness (QED) is 0.502. The Morgan fingerprint density at radius 3 is 3.10 bits per heavy atom. The molecule has 0 bridgehead atoms. The van der Waals surface area contributed by atoms with E-state index < -0.39 is 0 Å². The molecule has 0 N–H and O–H groups in total. The van der Waals surface area contributed by atoms with Gasteiger partial charge in [0, 0.05) is 6.42 Å². The number of hydrogen-bond acceptors (Lipinski definition) is 1. The van der Waals surface area contributed by atoms with Gasteiger partial charge in [0.1, 0.15) is 0 Å². The second-order valence-corrected chi connectivity index (χ2v) is 3.05. The Kier molecular flexibility index (Phi) is 2.67. The predicted molar refractivity (Wildman–Crippen MR) is 41.8 cm³/mol. The van der Waals surface area contributed by atoms with Crippen LogP contribution in [-0.2, 0) is 4.79 Å². The van der Waals surface area contributed by atoms with Gasteiger partial charge < -0.3 is 0 Å². The molecule has 1 rings (SSSR count). The molecule has 1 unspecified atom stereocenters. The molecule has 0 radical (unpaired) electrons. The minimum atomic E-state index is 0.298. The molecule has 1 heteroatoms. The van der Waals surface area contributed by atoms with Crippen molar-refractivity contribution in [3.63, 3.8) is 0 Å². The van der Waals surface area contributed by atoms with Crippen molar-refractivity contribution >= 4 is 5.78 Å². The smallest absolute Gasteiger partial charge is 0.155 e. The number of allylic oxidation sites excluding steroid dienone is 2. The van der Waals surface area contributed by atoms with Crippen molar-refractivity contribution < 1.29 is 4.79 Å². The van der Waals surface area contributed by atoms with Crippen LogP contribution in [0.2, 0.25) is 0 Å². The molecule has 0 aromatic rings. The lowest BCUT2D eigenvalue weighted by molar-refractivity contribution is -0.114. The van der Waals surface area contributed by atoms with Crippen LogP contribution < -0.4 is 0 Å². The highest BCUT2D eigenvalue weighted by molar-refractivity contribution is 5.89. The lowest BCUT2D eigenvalue weighted by Crippen LogP contribution is -1.99. The third-order valence-corrected chi connectivity index (χ3v) is 1.94. The zero-order valence-electron chi connectivity index (χ0n) is 6.47. The third-order valence-electron chi connectivity index (χ3n) is 1.94. The molecule has 0 heterocycles. The lowest BCUT2D eigenvalue weighted by Gasteiger charge is -2.07. The zero-order chi connectivity index (χ0) is 7.40. The van der Waals surface area contributed by atoms with Crippen LogP contribution in [0.5, 0.6) is 0 Å². The fourth-order valence-electron chi connectivity index (χ4n) is 1.22. The molecule has 0 saturated carbocycles. The maximum absolute atomic E-state index is 10.9. The highest BCUT2D eigenvalue weighted by atomic mass is 16.1. The van der Waals surface area contributed by atoms with Gasteiger partial charge in [0.15, 0.2) is 5.78 Å². The van der Waals surface area contributed by atoms with Crippen molar-refractivity contribution in [1.29, 1.82) is 0 Å². The van der Waals surface area contributed by atoms with E-state index >= 15 is 0 Å². The molecule has 0 spiro atoms. The molecule has 1 nitrogen and oxygen atoms in total. The van der Waals surface area contributed by atoms with E-state index in [1.807, 2.05) is 6.08 Å². The van der Waals surface area contributed by atoms with E-state index in [1.165, 1.54) is 12.8 Å². The van der Waals surface area contributed by atoms with Gasteiger partial charge in [-0.15, -0.1) is 0 Å². The van der Waals surface area contributed by atoms with Gasteiger partial charge in [-0.2, -0.15) is 0 Å². The predicted octanol–water partition coefficient (Wildman–Crippen LogP) is 2.32. The summed E-state index contributed by atoms with van der Waals surface area (Å²) >= 11 is 0. The summed E-state index contributed by atoms with van der Waals surface area (Å²) in [5.74, 6) is 0.899. The number of ketones is 1. The third kappa shape index (κ3) is 2.34. The fraction of sp³-hybridized carbons (Fsp3) is 0.667. The summed E-state index contributed by atoms with van der Waals surface area (Å²) in [5, 5.41) is 0. The Morgan fingerprint density at radius 1 is 1.50 bits per heavy atom. The first-order chi connectivity index (χ1) is 4.79. The molecule has 56 valence electrons. The molecule has 0 amide bonds. The summed E-state index contributed by atoms with van der Waals surface area (Å²) < 4.78 is 0. The summed E-state index contributed by atoms with van der Waals surface area (Å²) in [6.07, 6.45) is 8.04. The summed E-state index contributed by atoms with van der Waals surface area (Å²) in [4.78, 5) is 10.9. The molecule has 0 saturated heterocycles. The van der Waals surface area contributed by atoms with Crippen LogP contribution in [0.25, 0.3) is 0 Å². The lowest BCUT2D eigenvalue weighted by atomic mass is 9.98. The average molecular weight is 138 g/mol. The van der Waals surface area contributed by atoms with E-state index in [0.717, 1.165) is 12.8 Å². The molecule has 1 aliphatic carbocycles. The van der Waals surface area contributed by atoms with Crippen molar-refractivity contribution in [1.82, 2.24) is 0 Å². The van der Waals surface area contributed by atoms with Gasteiger partial charge in [0.25, 0.3) is 0 Å². The van der Waals surface area contributed by atoms with Gasteiger partial charge in [-0.05, 0) is 24.8 Å². The number of carbonyl (C=O) groups excluding carboxylic acids is 1. The van der Waals surface area contributed by atoms with Crippen LogP contribution in [0.15, 0.2) is 12.2 Å². The minimum Gasteiger partial charge on any atom is -0.295 e. The molecule has 1 atom stereocenters. The average Bonchev–Trinajstić information content (AvgIpc) is 1.90. The second kappa shape index (κ2) is 3.55. The van der Waals surface area contributed by atoms with E-state index in [4.69, 9.17) is 0 Å². The largest absolute Gasteiger partial charge is 0.295 e. The minimum absolute atomic E-state index is 0.298.